The van der Waals surface area contributed by atoms with Gasteiger partial charge in [0, 0.05) is 5.92 Å². The summed E-state index contributed by atoms with van der Waals surface area (Å²) >= 11 is 0. The number of benzene rings is 2. The molecule has 2 aromatic rings. The lowest BCUT2D eigenvalue weighted by molar-refractivity contribution is -0.145. The normalized spacial score (nSPS) is 14.6. The Kier molecular flexibility index (Phi) is 8.20. The highest BCUT2D eigenvalue weighted by atomic mass is 16.5. The molecule has 1 aliphatic rings. The van der Waals surface area contributed by atoms with Gasteiger partial charge >= 0.3 is 12.1 Å². The van der Waals surface area contributed by atoms with Crippen LogP contribution in [0.3, 0.4) is 0 Å². The highest BCUT2D eigenvalue weighted by Gasteiger charge is 2.35. The second-order valence-corrected chi connectivity index (χ2v) is 10.6. The van der Waals surface area contributed by atoms with Crippen molar-refractivity contribution in [3.05, 3.63) is 59.7 Å². The van der Waals surface area contributed by atoms with Gasteiger partial charge in [-0.25, -0.2) is 9.59 Å². The average Bonchev–Trinajstić information content (AvgIpc) is 3.11. The van der Waals surface area contributed by atoms with E-state index >= 15 is 0 Å². The molecule has 7 nitrogen and oxygen atoms in total. The van der Waals surface area contributed by atoms with Crippen molar-refractivity contribution in [2.24, 2.45) is 11.3 Å². The molecule has 2 atom stereocenters. The van der Waals surface area contributed by atoms with Crippen molar-refractivity contribution >= 4 is 18.0 Å². The number of nitrogens with one attached hydrogen (secondary N) is 2. The van der Waals surface area contributed by atoms with Gasteiger partial charge in [0.25, 0.3) is 0 Å². The Bertz CT molecular complexity index is 1030. The van der Waals surface area contributed by atoms with Crippen LogP contribution in [0.25, 0.3) is 11.1 Å². The molecule has 35 heavy (non-hydrogen) atoms. The first-order chi connectivity index (χ1) is 16.5. The van der Waals surface area contributed by atoms with E-state index in [2.05, 4.69) is 22.8 Å². The van der Waals surface area contributed by atoms with Crippen molar-refractivity contribution < 1.29 is 24.2 Å². The Morgan fingerprint density at radius 2 is 1.46 bits per heavy atom. The minimum absolute atomic E-state index is 0.0895. The summed E-state index contributed by atoms with van der Waals surface area (Å²) in [6.45, 7) is 9.42. The van der Waals surface area contributed by atoms with Crippen LogP contribution in [0.5, 0.6) is 0 Å². The predicted octanol–water partition coefficient (Wildman–Crippen LogP) is 4.95. The van der Waals surface area contributed by atoms with Gasteiger partial charge in [-0.2, -0.15) is 0 Å². The molecular formula is C28H36N2O5. The fourth-order valence-corrected chi connectivity index (χ4v) is 4.44. The molecule has 0 fully saturated rings. The van der Waals surface area contributed by atoms with E-state index in [4.69, 9.17) is 4.74 Å². The molecule has 3 N–H and O–H groups in total. The molecule has 0 spiro atoms. The van der Waals surface area contributed by atoms with Crippen LogP contribution in [-0.4, -0.2) is 41.8 Å². The van der Waals surface area contributed by atoms with Crippen LogP contribution < -0.4 is 10.6 Å². The molecule has 1 unspecified atom stereocenters. The third-order valence-corrected chi connectivity index (χ3v) is 6.38. The Morgan fingerprint density at radius 3 is 1.94 bits per heavy atom. The third kappa shape index (κ3) is 6.41. The standard InChI is InChI=1S/C28H36N2O5/c1-17(2)14-15-23(25(31)30-24(26(32)33)28(3,4)5)29-27(34)35-16-22-20-12-8-6-10-18(20)19-11-7-9-13-21(19)22/h6-13,17,22-24H,14-16H2,1-5H3,(H,29,34)(H,30,31)(H,32,33)/t23?,24-/m0/s1. The van der Waals surface area contributed by atoms with Crippen LogP contribution in [-0.2, 0) is 14.3 Å². The van der Waals surface area contributed by atoms with Gasteiger partial charge in [-0.3, -0.25) is 4.79 Å². The van der Waals surface area contributed by atoms with Crippen molar-refractivity contribution in [3.63, 3.8) is 0 Å². The van der Waals surface area contributed by atoms with E-state index < -0.39 is 35.5 Å². The molecule has 0 saturated heterocycles. The number of aliphatic carboxylic acids is 1. The molecule has 3 rings (SSSR count). The first kappa shape index (κ1) is 26.3. The summed E-state index contributed by atoms with van der Waals surface area (Å²) in [5.41, 5.74) is 3.78. The summed E-state index contributed by atoms with van der Waals surface area (Å²) in [7, 11) is 0. The lowest BCUT2D eigenvalue weighted by Crippen LogP contribution is -2.55. The molecule has 1 aliphatic carbocycles. The number of ether oxygens (including phenoxy) is 1. The van der Waals surface area contributed by atoms with Gasteiger partial charge in [-0.15, -0.1) is 0 Å². The summed E-state index contributed by atoms with van der Waals surface area (Å²) in [6.07, 6.45) is 0.373. The van der Waals surface area contributed by atoms with Gasteiger partial charge in [-0.05, 0) is 46.4 Å². The molecule has 0 heterocycles. The van der Waals surface area contributed by atoms with Gasteiger partial charge in [-0.1, -0.05) is 83.1 Å². The molecule has 0 saturated carbocycles. The van der Waals surface area contributed by atoms with E-state index in [0.717, 1.165) is 22.3 Å². The van der Waals surface area contributed by atoms with Gasteiger partial charge in [0.15, 0.2) is 0 Å². The number of carboxylic acids is 1. The highest BCUT2D eigenvalue weighted by molar-refractivity contribution is 5.89. The molecule has 0 bridgehead atoms. The number of carbonyl (C=O) groups is 3. The molecule has 0 aromatic heterocycles. The maximum Gasteiger partial charge on any atom is 0.407 e. The van der Waals surface area contributed by atoms with E-state index in [0.29, 0.717) is 18.8 Å². The van der Waals surface area contributed by atoms with Crippen molar-refractivity contribution in [3.8, 4) is 11.1 Å². The maximum absolute atomic E-state index is 13.0. The molecule has 2 aromatic carbocycles. The molecule has 188 valence electrons. The first-order valence-electron chi connectivity index (χ1n) is 12.1. The van der Waals surface area contributed by atoms with Gasteiger partial charge in [0.1, 0.15) is 18.7 Å². The number of alkyl carbamates (subject to hydrolysis) is 1. The van der Waals surface area contributed by atoms with Crippen LogP contribution in [0, 0.1) is 11.3 Å². The van der Waals surface area contributed by atoms with Crippen molar-refractivity contribution in [2.75, 3.05) is 6.61 Å². The fraction of sp³-hybridized carbons (Fsp3) is 0.464. The predicted molar refractivity (Wildman–Crippen MR) is 135 cm³/mol. The molecule has 2 amide bonds. The smallest absolute Gasteiger partial charge is 0.407 e. The van der Waals surface area contributed by atoms with Crippen LogP contribution in [0.4, 0.5) is 4.79 Å². The zero-order valence-corrected chi connectivity index (χ0v) is 21.1. The van der Waals surface area contributed by atoms with Crippen LogP contribution in [0.1, 0.15) is 64.5 Å². The Balaban J connectivity index is 1.69. The van der Waals surface area contributed by atoms with E-state index in [1.165, 1.54) is 0 Å². The average molecular weight is 481 g/mol. The monoisotopic (exact) mass is 480 g/mol. The summed E-state index contributed by atoms with van der Waals surface area (Å²) in [6, 6.07) is 14.2. The quantitative estimate of drug-likeness (QED) is 0.471. The lowest BCUT2D eigenvalue weighted by Gasteiger charge is -2.29. The first-order valence-corrected chi connectivity index (χ1v) is 12.1. The van der Waals surface area contributed by atoms with Crippen LogP contribution in [0.2, 0.25) is 0 Å². The van der Waals surface area contributed by atoms with E-state index in [-0.39, 0.29) is 12.5 Å². The second kappa shape index (κ2) is 10.9. The molecule has 7 heteroatoms. The number of carboxylic acid groups (broad SMARTS) is 1. The number of rotatable bonds is 9. The minimum atomic E-state index is -1.12. The number of hydrogen-bond acceptors (Lipinski definition) is 4. The van der Waals surface area contributed by atoms with Crippen LogP contribution in [0.15, 0.2) is 48.5 Å². The second-order valence-electron chi connectivity index (χ2n) is 10.6. The van der Waals surface area contributed by atoms with Crippen molar-refractivity contribution in [2.45, 2.75) is 65.5 Å². The maximum atomic E-state index is 13.0. The number of carbonyl (C=O) groups excluding carboxylic acids is 2. The van der Waals surface area contributed by atoms with E-state index in [9.17, 15) is 19.5 Å². The molecule has 0 radical (unpaired) electrons. The third-order valence-electron chi connectivity index (χ3n) is 6.38. The largest absolute Gasteiger partial charge is 0.480 e. The van der Waals surface area contributed by atoms with Crippen LogP contribution >= 0.6 is 0 Å². The summed E-state index contributed by atoms with van der Waals surface area (Å²) < 4.78 is 5.60. The number of amides is 2. The Hall–Kier alpha value is -3.35. The highest BCUT2D eigenvalue weighted by Crippen LogP contribution is 2.44. The Labute approximate surface area is 207 Å². The number of fused-ring (bicyclic) bond motifs is 3. The number of hydrogen-bond donors (Lipinski definition) is 3. The van der Waals surface area contributed by atoms with E-state index in [1.54, 1.807) is 20.8 Å². The lowest BCUT2D eigenvalue weighted by atomic mass is 9.86. The van der Waals surface area contributed by atoms with E-state index in [1.807, 2.05) is 50.2 Å². The molecule has 0 aliphatic heterocycles. The minimum Gasteiger partial charge on any atom is -0.480 e. The fourth-order valence-electron chi connectivity index (χ4n) is 4.44. The SMILES string of the molecule is CC(C)CCC(NC(=O)OCC1c2ccccc2-c2ccccc21)C(=O)N[C@@H](C(=O)O)C(C)(C)C. The topological polar surface area (TPSA) is 105 Å². The summed E-state index contributed by atoms with van der Waals surface area (Å²) in [5, 5.41) is 14.9. The van der Waals surface area contributed by atoms with Gasteiger partial charge in [0.05, 0.1) is 0 Å². The zero-order valence-electron chi connectivity index (χ0n) is 21.1. The summed E-state index contributed by atoms with van der Waals surface area (Å²) in [4.78, 5) is 37.5. The van der Waals surface area contributed by atoms with Gasteiger partial charge in [0.2, 0.25) is 5.91 Å². The summed E-state index contributed by atoms with van der Waals surface area (Å²) in [5.74, 6) is -1.42. The Morgan fingerprint density at radius 1 is 0.914 bits per heavy atom. The van der Waals surface area contributed by atoms with Gasteiger partial charge < -0.3 is 20.5 Å². The molecular weight excluding hydrogens is 444 g/mol. The zero-order chi connectivity index (χ0) is 25.8. The van der Waals surface area contributed by atoms with Crippen molar-refractivity contribution in [1.29, 1.82) is 0 Å². The van der Waals surface area contributed by atoms with Crippen molar-refractivity contribution in [1.82, 2.24) is 10.6 Å².